The molecule has 0 aliphatic carbocycles. The molecule has 0 spiro atoms. The van der Waals surface area contributed by atoms with Crippen LogP contribution in [0.3, 0.4) is 0 Å². The molecule has 0 saturated carbocycles. The first-order valence-electron chi connectivity index (χ1n) is 7.64. The van der Waals surface area contributed by atoms with Gasteiger partial charge in [-0.2, -0.15) is 5.10 Å². The maximum atomic E-state index is 12.1. The number of carbonyl (C=O) groups excluding carboxylic acids is 1. The highest BCUT2D eigenvalue weighted by molar-refractivity contribution is 5.94. The van der Waals surface area contributed by atoms with Crippen molar-refractivity contribution in [2.24, 2.45) is 0 Å². The van der Waals surface area contributed by atoms with Gasteiger partial charge < -0.3 is 10.2 Å². The van der Waals surface area contributed by atoms with Crippen LogP contribution in [-0.4, -0.2) is 29.8 Å². The molecule has 116 valence electrons. The minimum Gasteiger partial charge on any atom is -0.378 e. The molecule has 1 atom stereocenters. The Hall–Kier alpha value is -2.30. The lowest BCUT2D eigenvalue weighted by Crippen LogP contribution is -2.25. The third kappa shape index (κ3) is 2.36. The summed E-state index contributed by atoms with van der Waals surface area (Å²) in [6.45, 7) is 4.89. The molecule has 0 bridgehead atoms. The van der Waals surface area contributed by atoms with Gasteiger partial charge in [0.25, 0.3) is 0 Å². The van der Waals surface area contributed by atoms with Gasteiger partial charge in [0.05, 0.1) is 6.20 Å². The molecule has 22 heavy (non-hydrogen) atoms. The van der Waals surface area contributed by atoms with Crippen LogP contribution in [0.1, 0.15) is 36.0 Å². The summed E-state index contributed by atoms with van der Waals surface area (Å²) in [6, 6.07) is 6.42. The van der Waals surface area contributed by atoms with Gasteiger partial charge in [0.2, 0.25) is 5.91 Å². The van der Waals surface area contributed by atoms with E-state index in [1.54, 1.807) is 0 Å². The molecule has 5 heteroatoms. The zero-order valence-electron chi connectivity index (χ0n) is 13.6. The van der Waals surface area contributed by atoms with Crippen molar-refractivity contribution in [1.82, 2.24) is 9.78 Å². The van der Waals surface area contributed by atoms with Gasteiger partial charge in [-0.1, -0.05) is 6.07 Å². The minimum absolute atomic E-state index is 0.0591. The van der Waals surface area contributed by atoms with E-state index in [1.165, 1.54) is 16.8 Å². The van der Waals surface area contributed by atoms with Crippen molar-refractivity contribution in [3.05, 3.63) is 41.1 Å². The van der Waals surface area contributed by atoms with E-state index >= 15 is 0 Å². The van der Waals surface area contributed by atoms with Crippen LogP contribution in [0.5, 0.6) is 0 Å². The standard InChI is InChI=1S/C17H22N4O/c1-5-21-17-15(10-18-21)14(9-16(22)19-17)13-7-6-12(20(3)4)8-11(13)2/h6-8,10,14H,5,9H2,1-4H3,(H,19,22). The quantitative estimate of drug-likeness (QED) is 0.948. The number of hydrogen-bond donors (Lipinski definition) is 1. The highest BCUT2D eigenvalue weighted by atomic mass is 16.1. The molecular formula is C17H22N4O. The molecule has 0 saturated heterocycles. The molecule has 1 aliphatic heterocycles. The first-order valence-corrected chi connectivity index (χ1v) is 7.64. The molecule has 2 heterocycles. The van der Waals surface area contributed by atoms with Crippen LogP contribution in [0, 0.1) is 6.92 Å². The molecule has 5 nitrogen and oxygen atoms in total. The summed E-state index contributed by atoms with van der Waals surface area (Å²) in [6.07, 6.45) is 2.37. The van der Waals surface area contributed by atoms with Gasteiger partial charge >= 0.3 is 0 Å². The second kappa shape index (κ2) is 5.48. The summed E-state index contributed by atoms with van der Waals surface area (Å²) in [5.74, 6) is 0.990. The molecule has 0 fully saturated rings. The average molecular weight is 298 g/mol. The van der Waals surface area contributed by atoms with Crippen LogP contribution in [0.15, 0.2) is 24.4 Å². The highest BCUT2D eigenvalue weighted by Gasteiger charge is 2.30. The zero-order valence-corrected chi connectivity index (χ0v) is 13.6. The Morgan fingerprint density at radius 3 is 2.77 bits per heavy atom. The van der Waals surface area contributed by atoms with Crippen molar-refractivity contribution >= 4 is 17.4 Å². The number of nitrogens with one attached hydrogen (secondary N) is 1. The molecule has 1 aliphatic rings. The van der Waals surface area contributed by atoms with E-state index in [9.17, 15) is 4.79 Å². The summed E-state index contributed by atoms with van der Waals surface area (Å²) in [4.78, 5) is 14.2. The molecule has 1 aromatic heterocycles. The predicted molar refractivity (Wildman–Crippen MR) is 88.5 cm³/mol. The van der Waals surface area contributed by atoms with Crippen molar-refractivity contribution in [3.8, 4) is 0 Å². The number of aromatic nitrogens is 2. The number of nitrogens with zero attached hydrogens (tertiary/aromatic N) is 3. The molecule has 1 aromatic carbocycles. The van der Waals surface area contributed by atoms with Crippen LogP contribution < -0.4 is 10.2 Å². The maximum absolute atomic E-state index is 12.1. The predicted octanol–water partition coefficient (Wildman–Crippen LogP) is 2.75. The maximum Gasteiger partial charge on any atom is 0.226 e. The second-order valence-electron chi connectivity index (χ2n) is 6.00. The fraction of sp³-hybridized carbons (Fsp3) is 0.412. The lowest BCUT2D eigenvalue weighted by Gasteiger charge is -2.25. The van der Waals surface area contributed by atoms with E-state index < -0.39 is 0 Å². The number of aryl methyl sites for hydroxylation is 2. The summed E-state index contributed by atoms with van der Waals surface area (Å²) >= 11 is 0. The Bertz CT molecular complexity index is 717. The Morgan fingerprint density at radius 1 is 1.36 bits per heavy atom. The van der Waals surface area contributed by atoms with Gasteiger partial charge in [-0.05, 0) is 37.1 Å². The second-order valence-corrected chi connectivity index (χ2v) is 6.00. The number of benzene rings is 1. The van der Waals surface area contributed by atoms with Crippen molar-refractivity contribution in [2.45, 2.75) is 32.7 Å². The number of amides is 1. The fourth-order valence-corrected chi connectivity index (χ4v) is 3.12. The van der Waals surface area contributed by atoms with Crippen LogP contribution in [0.2, 0.25) is 0 Å². The number of fused-ring (bicyclic) bond motifs is 1. The number of hydrogen-bond acceptors (Lipinski definition) is 3. The van der Waals surface area contributed by atoms with E-state index in [0.29, 0.717) is 6.42 Å². The van der Waals surface area contributed by atoms with Gasteiger partial charge in [-0.3, -0.25) is 4.79 Å². The van der Waals surface area contributed by atoms with Gasteiger partial charge in [-0.25, -0.2) is 4.68 Å². The summed E-state index contributed by atoms with van der Waals surface area (Å²) in [7, 11) is 4.07. The molecule has 1 unspecified atom stereocenters. The van der Waals surface area contributed by atoms with Gasteiger partial charge in [0.1, 0.15) is 5.82 Å². The number of rotatable bonds is 3. The van der Waals surface area contributed by atoms with Crippen LogP contribution in [0.4, 0.5) is 11.5 Å². The third-order valence-electron chi connectivity index (χ3n) is 4.34. The smallest absolute Gasteiger partial charge is 0.226 e. The van der Waals surface area contributed by atoms with E-state index in [-0.39, 0.29) is 11.8 Å². The third-order valence-corrected chi connectivity index (χ3v) is 4.34. The van der Waals surface area contributed by atoms with Gasteiger partial charge in [0.15, 0.2) is 0 Å². The lowest BCUT2D eigenvalue weighted by molar-refractivity contribution is -0.116. The average Bonchev–Trinajstić information content (AvgIpc) is 2.89. The van der Waals surface area contributed by atoms with Gasteiger partial charge in [0, 0.05) is 44.2 Å². The monoisotopic (exact) mass is 298 g/mol. The topological polar surface area (TPSA) is 50.2 Å². The summed E-state index contributed by atoms with van der Waals surface area (Å²) in [5.41, 5.74) is 4.70. The zero-order chi connectivity index (χ0) is 15.9. The van der Waals surface area contributed by atoms with Crippen LogP contribution in [0.25, 0.3) is 0 Å². The lowest BCUT2D eigenvalue weighted by atomic mass is 9.85. The van der Waals surface area contributed by atoms with E-state index in [0.717, 1.165) is 17.9 Å². The van der Waals surface area contributed by atoms with E-state index in [2.05, 4.69) is 40.4 Å². The Kier molecular flexibility index (Phi) is 3.64. The van der Waals surface area contributed by atoms with Crippen LogP contribution in [-0.2, 0) is 11.3 Å². The Balaban J connectivity index is 2.06. The van der Waals surface area contributed by atoms with Crippen molar-refractivity contribution in [2.75, 3.05) is 24.3 Å². The molecule has 2 aromatic rings. The molecule has 3 rings (SSSR count). The molecule has 0 radical (unpaired) electrons. The number of anilines is 2. The highest BCUT2D eigenvalue weighted by Crippen LogP contribution is 2.38. The largest absolute Gasteiger partial charge is 0.378 e. The molecule has 1 N–H and O–H groups in total. The van der Waals surface area contributed by atoms with Gasteiger partial charge in [-0.15, -0.1) is 0 Å². The van der Waals surface area contributed by atoms with E-state index in [1.807, 2.05) is 31.9 Å². The van der Waals surface area contributed by atoms with Crippen molar-refractivity contribution in [1.29, 1.82) is 0 Å². The SMILES string of the molecule is CCn1ncc2c1NC(=O)CC2c1ccc(N(C)C)cc1C. The van der Waals surface area contributed by atoms with Crippen LogP contribution >= 0.6 is 0 Å². The minimum atomic E-state index is 0.0591. The number of carbonyl (C=O) groups is 1. The fourth-order valence-electron chi connectivity index (χ4n) is 3.12. The Labute approximate surface area is 130 Å². The van der Waals surface area contributed by atoms with E-state index in [4.69, 9.17) is 0 Å². The van der Waals surface area contributed by atoms with Crippen molar-refractivity contribution in [3.63, 3.8) is 0 Å². The summed E-state index contributed by atoms with van der Waals surface area (Å²) < 4.78 is 1.85. The molecule has 1 amide bonds. The summed E-state index contributed by atoms with van der Waals surface area (Å²) in [5, 5.41) is 7.36. The normalized spacial score (nSPS) is 17.1. The Morgan fingerprint density at radius 2 is 2.14 bits per heavy atom. The van der Waals surface area contributed by atoms with Crippen molar-refractivity contribution < 1.29 is 4.79 Å². The first kappa shape index (κ1) is 14.6. The molecular weight excluding hydrogens is 276 g/mol. The first-order chi connectivity index (χ1) is 10.5.